The number of anilines is 2. The maximum Gasteiger partial charge on any atom is 0.231 e. The largest absolute Gasteiger partial charge is 0.496 e. The van der Waals surface area contributed by atoms with Gasteiger partial charge in [-0.15, -0.1) is 0 Å². The summed E-state index contributed by atoms with van der Waals surface area (Å²) in [7, 11) is 1.75. The van der Waals surface area contributed by atoms with Crippen molar-refractivity contribution in [3.63, 3.8) is 0 Å². The molecule has 1 saturated heterocycles. The van der Waals surface area contributed by atoms with Crippen LogP contribution in [-0.2, 0) is 9.47 Å². The molecule has 6 nitrogen and oxygen atoms in total. The molecule has 2 atom stereocenters. The van der Waals surface area contributed by atoms with Gasteiger partial charge in [0.25, 0.3) is 0 Å². The third kappa shape index (κ3) is 3.98. The van der Waals surface area contributed by atoms with Gasteiger partial charge in [0, 0.05) is 42.0 Å². The quantitative estimate of drug-likeness (QED) is 0.533. The van der Waals surface area contributed by atoms with E-state index in [2.05, 4.69) is 72.6 Å². The van der Waals surface area contributed by atoms with Crippen molar-refractivity contribution in [1.82, 2.24) is 0 Å². The Labute approximate surface area is 206 Å². The van der Waals surface area contributed by atoms with Gasteiger partial charge in [-0.1, -0.05) is 30.3 Å². The van der Waals surface area contributed by atoms with Crippen LogP contribution in [-0.4, -0.2) is 45.7 Å². The van der Waals surface area contributed by atoms with E-state index in [9.17, 15) is 0 Å². The molecule has 3 aromatic carbocycles. The standard InChI is InChI=1S/C29H30N2O4/c1-18-15-31(16-19(2)35-18)22-10-7-20(8-11-22)25-14-30-28-23(5-4-6-24(28)29(25)32-3)21-9-12-26-27(13-21)34-17-33-26/h4-13,18-19,30H,14-17H2,1-3H3/t18-,19?/m0/s1. The number of methoxy groups -OCH3 is 1. The summed E-state index contributed by atoms with van der Waals surface area (Å²) in [4.78, 5) is 2.40. The molecule has 0 spiro atoms. The third-order valence-electron chi connectivity index (χ3n) is 6.91. The zero-order valence-corrected chi connectivity index (χ0v) is 20.3. The van der Waals surface area contributed by atoms with Gasteiger partial charge in [0.1, 0.15) is 5.76 Å². The first kappa shape index (κ1) is 21.9. The van der Waals surface area contributed by atoms with Gasteiger partial charge in [-0.25, -0.2) is 0 Å². The fraction of sp³-hybridized carbons (Fsp3) is 0.310. The molecule has 0 radical (unpaired) electrons. The van der Waals surface area contributed by atoms with E-state index < -0.39 is 0 Å². The number of benzene rings is 3. The Balaban J connectivity index is 1.34. The van der Waals surface area contributed by atoms with Gasteiger partial charge >= 0.3 is 0 Å². The number of ether oxygens (including phenoxy) is 4. The van der Waals surface area contributed by atoms with E-state index in [0.717, 1.165) is 63.9 Å². The summed E-state index contributed by atoms with van der Waals surface area (Å²) < 4.78 is 23.0. The van der Waals surface area contributed by atoms with Crippen LogP contribution in [0.5, 0.6) is 11.5 Å². The highest BCUT2D eigenvalue weighted by molar-refractivity contribution is 6.00. The number of nitrogens with one attached hydrogen (secondary N) is 1. The Morgan fingerprint density at radius 2 is 1.57 bits per heavy atom. The molecule has 3 aliphatic heterocycles. The Kier molecular flexibility index (Phi) is 5.53. The predicted octanol–water partition coefficient (Wildman–Crippen LogP) is 5.64. The highest BCUT2D eigenvalue weighted by atomic mass is 16.7. The van der Waals surface area contributed by atoms with Gasteiger partial charge in [0.2, 0.25) is 6.79 Å². The monoisotopic (exact) mass is 470 g/mol. The van der Waals surface area contributed by atoms with E-state index >= 15 is 0 Å². The molecule has 0 amide bonds. The van der Waals surface area contributed by atoms with Crippen LogP contribution in [0.1, 0.15) is 25.0 Å². The topological polar surface area (TPSA) is 52.2 Å². The normalized spacial score (nSPS) is 20.9. The molecule has 35 heavy (non-hydrogen) atoms. The number of para-hydroxylation sites is 1. The second-order valence-electron chi connectivity index (χ2n) is 9.37. The SMILES string of the molecule is COC1=C(c2ccc(N3CC(C)O[C@@H](C)C3)cc2)CNc2c1cccc2-c1ccc2c(c1)OCO2. The van der Waals surface area contributed by atoms with Crippen LogP contribution in [0, 0.1) is 0 Å². The molecule has 0 aliphatic carbocycles. The van der Waals surface area contributed by atoms with E-state index in [1.54, 1.807) is 7.11 Å². The maximum atomic E-state index is 5.99. The molecule has 0 aromatic heterocycles. The van der Waals surface area contributed by atoms with Crippen LogP contribution < -0.4 is 19.7 Å². The van der Waals surface area contributed by atoms with E-state index in [0.29, 0.717) is 6.54 Å². The molecule has 1 fully saturated rings. The molecule has 180 valence electrons. The van der Waals surface area contributed by atoms with Crippen LogP contribution in [0.25, 0.3) is 22.5 Å². The van der Waals surface area contributed by atoms with Crippen LogP contribution >= 0.6 is 0 Å². The van der Waals surface area contributed by atoms with E-state index in [-0.39, 0.29) is 19.0 Å². The van der Waals surface area contributed by atoms with E-state index in [1.165, 1.54) is 5.69 Å². The number of nitrogens with zero attached hydrogens (tertiary/aromatic N) is 1. The smallest absolute Gasteiger partial charge is 0.231 e. The van der Waals surface area contributed by atoms with E-state index in [4.69, 9.17) is 18.9 Å². The number of fused-ring (bicyclic) bond motifs is 2. The number of hydrogen-bond donors (Lipinski definition) is 1. The fourth-order valence-corrected chi connectivity index (χ4v) is 5.38. The minimum Gasteiger partial charge on any atom is -0.496 e. The lowest BCUT2D eigenvalue weighted by Gasteiger charge is -2.37. The number of morpholine rings is 1. The first-order valence-electron chi connectivity index (χ1n) is 12.2. The Bertz CT molecular complexity index is 1270. The van der Waals surface area contributed by atoms with Crippen molar-refractivity contribution < 1.29 is 18.9 Å². The van der Waals surface area contributed by atoms with Gasteiger partial charge in [-0.05, 0) is 55.3 Å². The average Bonchev–Trinajstić information content (AvgIpc) is 3.35. The summed E-state index contributed by atoms with van der Waals surface area (Å²) in [5.41, 5.74) is 7.86. The van der Waals surface area contributed by atoms with Gasteiger partial charge in [-0.3, -0.25) is 0 Å². The number of hydrogen-bond acceptors (Lipinski definition) is 6. The molecule has 1 unspecified atom stereocenters. The van der Waals surface area contributed by atoms with Crippen molar-refractivity contribution in [1.29, 1.82) is 0 Å². The summed E-state index contributed by atoms with van der Waals surface area (Å²) in [6, 6.07) is 21.2. The van der Waals surface area contributed by atoms with Crippen LogP contribution in [0.3, 0.4) is 0 Å². The van der Waals surface area contributed by atoms with Crippen molar-refractivity contribution in [3.05, 3.63) is 71.8 Å². The first-order valence-corrected chi connectivity index (χ1v) is 12.2. The number of rotatable bonds is 4. The lowest BCUT2D eigenvalue weighted by molar-refractivity contribution is -0.00521. The second-order valence-corrected chi connectivity index (χ2v) is 9.37. The summed E-state index contributed by atoms with van der Waals surface area (Å²) in [5.74, 6) is 2.47. The van der Waals surface area contributed by atoms with E-state index in [1.807, 2.05) is 12.1 Å². The van der Waals surface area contributed by atoms with Crippen molar-refractivity contribution in [2.75, 3.05) is 43.8 Å². The molecular formula is C29H30N2O4. The molecule has 6 heteroatoms. The van der Waals surface area contributed by atoms with Crippen molar-refractivity contribution in [3.8, 4) is 22.6 Å². The highest BCUT2D eigenvalue weighted by Crippen LogP contribution is 2.43. The minimum absolute atomic E-state index is 0.235. The molecular weight excluding hydrogens is 440 g/mol. The zero-order valence-electron chi connectivity index (χ0n) is 20.3. The van der Waals surface area contributed by atoms with Gasteiger partial charge in [-0.2, -0.15) is 0 Å². The Hall–Kier alpha value is -3.64. The van der Waals surface area contributed by atoms with Crippen LogP contribution in [0.15, 0.2) is 60.7 Å². The molecule has 3 heterocycles. The summed E-state index contributed by atoms with van der Waals surface area (Å²) in [5, 5.41) is 3.66. The summed E-state index contributed by atoms with van der Waals surface area (Å²) >= 11 is 0. The molecule has 1 N–H and O–H groups in total. The summed E-state index contributed by atoms with van der Waals surface area (Å²) in [6.45, 7) is 7.04. The second kappa shape index (κ2) is 8.86. The lowest BCUT2D eigenvalue weighted by atomic mass is 9.92. The van der Waals surface area contributed by atoms with Crippen LogP contribution in [0.4, 0.5) is 11.4 Å². The zero-order chi connectivity index (χ0) is 23.9. The Morgan fingerprint density at radius 1 is 0.857 bits per heavy atom. The predicted molar refractivity (Wildman–Crippen MR) is 139 cm³/mol. The molecule has 0 bridgehead atoms. The third-order valence-corrected chi connectivity index (χ3v) is 6.91. The Morgan fingerprint density at radius 3 is 2.34 bits per heavy atom. The molecule has 0 saturated carbocycles. The molecule has 3 aliphatic rings. The average molecular weight is 471 g/mol. The first-order chi connectivity index (χ1) is 17.1. The lowest BCUT2D eigenvalue weighted by Crippen LogP contribution is -2.45. The van der Waals surface area contributed by atoms with Crippen molar-refractivity contribution in [2.45, 2.75) is 26.1 Å². The summed E-state index contributed by atoms with van der Waals surface area (Å²) in [6.07, 6.45) is 0.471. The van der Waals surface area contributed by atoms with Crippen molar-refractivity contribution in [2.24, 2.45) is 0 Å². The van der Waals surface area contributed by atoms with Gasteiger partial charge in [0.05, 0.1) is 25.0 Å². The molecule has 3 aromatic rings. The van der Waals surface area contributed by atoms with Gasteiger partial charge < -0.3 is 29.2 Å². The maximum absolute atomic E-state index is 5.99. The van der Waals surface area contributed by atoms with Crippen molar-refractivity contribution >= 4 is 22.7 Å². The highest BCUT2D eigenvalue weighted by Gasteiger charge is 2.25. The fourth-order valence-electron chi connectivity index (χ4n) is 5.38. The minimum atomic E-state index is 0.235. The van der Waals surface area contributed by atoms with Gasteiger partial charge in [0.15, 0.2) is 11.5 Å². The van der Waals surface area contributed by atoms with Crippen LogP contribution in [0.2, 0.25) is 0 Å². The molecule has 6 rings (SSSR count).